The van der Waals surface area contributed by atoms with Crippen LogP contribution in [0.2, 0.25) is 0 Å². The van der Waals surface area contributed by atoms with Gasteiger partial charge in [-0.25, -0.2) is 4.79 Å². The zero-order chi connectivity index (χ0) is 18.0. The average molecular weight is 339 g/mol. The van der Waals surface area contributed by atoms with Crippen molar-refractivity contribution < 1.29 is 19.4 Å². The molecule has 0 saturated heterocycles. The Morgan fingerprint density at radius 2 is 1.96 bits per heavy atom. The highest BCUT2D eigenvalue weighted by atomic mass is 16.5. The molecule has 0 aromatic heterocycles. The van der Waals surface area contributed by atoms with E-state index >= 15 is 0 Å². The van der Waals surface area contributed by atoms with Crippen LogP contribution in [0.4, 0.5) is 0 Å². The van der Waals surface area contributed by atoms with Gasteiger partial charge in [0.1, 0.15) is 5.75 Å². The number of carboxylic acid groups (broad SMARTS) is 1. The number of hydrogen-bond donors (Lipinski definition) is 2. The number of carbonyl (C=O) groups excluding carboxylic acids is 1. The number of rotatable bonds is 5. The first-order valence-corrected chi connectivity index (χ1v) is 8.31. The summed E-state index contributed by atoms with van der Waals surface area (Å²) < 4.78 is 5.77. The lowest BCUT2D eigenvalue weighted by Crippen LogP contribution is -2.38. The maximum Gasteiger partial charge on any atom is 0.335 e. The minimum absolute atomic E-state index is 0.138. The second-order valence-corrected chi connectivity index (χ2v) is 6.40. The summed E-state index contributed by atoms with van der Waals surface area (Å²) in [6.45, 7) is 4.52. The normalized spacial score (nSPS) is 15.4. The predicted octanol–water partition coefficient (Wildman–Crippen LogP) is 2.66. The summed E-state index contributed by atoms with van der Waals surface area (Å²) in [5, 5.41) is 11.9. The van der Waals surface area contributed by atoms with Crippen LogP contribution in [0, 0.1) is 13.8 Å². The molecule has 2 aromatic rings. The number of fused-ring (bicyclic) bond motifs is 1. The number of nitrogens with one attached hydrogen (secondary N) is 1. The van der Waals surface area contributed by atoms with Gasteiger partial charge in [-0.2, -0.15) is 0 Å². The van der Waals surface area contributed by atoms with Crippen molar-refractivity contribution in [2.75, 3.05) is 6.54 Å². The number of carboxylic acids is 1. The lowest BCUT2D eigenvalue weighted by molar-refractivity contribution is -0.127. The number of benzene rings is 2. The molecule has 2 aromatic carbocycles. The zero-order valence-electron chi connectivity index (χ0n) is 14.3. The third-order valence-electron chi connectivity index (χ3n) is 4.53. The van der Waals surface area contributed by atoms with E-state index in [9.17, 15) is 9.59 Å². The molecule has 1 aliphatic rings. The van der Waals surface area contributed by atoms with Crippen LogP contribution in [-0.4, -0.2) is 29.6 Å². The van der Waals surface area contributed by atoms with Crippen LogP contribution in [0.3, 0.4) is 0 Å². The van der Waals surface area contributed by atoms with E-state index in [2.05, 4.69) is 11.4 Å². The van der Waals surface area contributed by atoms with E-state index in [1.165, 1.54) is 5.56 Å². The Morgan fingerprint density at radius 3 is 2.72 bits per heavy atom. The van der Waals surface area contributed by atoms with Crippen LogP contribution in [0.15, 0.2) is 36.4 Å². The Balaban J connectivity index is 1.54. The van der Waals surface area contributed by atoms with Crippen molar-refractivity contribution in [3.63, 3.8) is 0 Å². The lowest BCUT2D eigenvalue weighted by atomic mass is 10.0. The predicted molar refractivity (Wildman–Crippen MR) is 94.2 cm³/mol. The van der Waals surface area contributed by atoms with Gasteiger partial charge in [0.2, 0.25) is 0 Å². The molecule has 0 fully saturated rings. The highest BCUT2D eigenvalue weighted by Gasteiger charge is 2.29. The fourth-order valence-corrected chi connectivity index (χ4v) is 2.96. The van der Waals surface area contributed by atoms with E-state index < -0.39 is 12.1 Å². The van der Waals surface area contributed by atoms with Crippen molar-refractivity contribution in [1.82, 2.24) is 5.32 Å². The van der Waals surface area contributed by atoms with Gasteiger partial charge >= 0.3 is 5.97 Å². The highest BCUT2D eigenvalue weighted by Crippen LogP contribution is 2.31. The number of hydrogen-bond acceptors (Lipinski definition) is 3. The minimum atomic E-state index is -0.950. The van der Waals surface area contributed by atoms with Crippen molar-refractivity contribution in [2.45, 2.75) is 32.8 Å². The largest absolute Gasteiger partial charge is 0.480 e. The van der Waals surface area contributed by atoms with E-state index in [0.717, 1.165) is 22.4 Å². The van der Waals surface area contributed by atoms with Gasteiger partial charge in [-0.05, 0) is 60.7 Å². The standard InChI is InChI=1S/C20H21NO4/c1-12-8-16-11-18(25-17(16)9-13(12)2)19(22)21-7-6-14-4-3-5-15(10-14)20(23)24/h3-5,8-10,18H,6-7,11H2,1-2H3,(H,21,22)(H,23,24). The molecule has 1 atom stereocenters. The van der Waals surface area contributed by atoms with E-state index in [4.69, 9.17) is 9.84 Å². The molecule has 2 N–H and O–H groups in total. The molecule has 5 nitrogen and oxygen atoms in total. The molecule has 0 saturated carbocycles. The maximum absolute atomic E-state index is 12.3. The molecule has 1 heterocycles. The van der Waals surface area contributed by atoms with E-state index in [1.807, 2.05) is 26.0 Å². The minimum Gasteiger partial charge on any atom is -0.480 e. The fraction of sp³-hybridized carbons (Fsp3) is 0.300. The molecule has 25 heavy (non-hydrogen) atoms. The van der Waals surface area contributed by atoms with Gasteiger partial charge in [-0.1, -0.05) is 18.2 Å². The Kier molecular flexibility index (Phi) is 4.74. The average Bonchev–Trinajstić information content (AvgIpc) is 2.98. The second kappa shape index (κ2) is 6.97. The number of amides is 1. The number of carbonyl (C=O) groups is 2. The molecule has 3 rings (SSSR count). The first kappa shape index (κ1) is 17.0. The molecule has 0 radical (unpaired) electrons. The molecule has 0 bridgehead atoms. The summed E-state index contributed by atoms with van der Waals surface area (Å²) in [6.07, 6.45) is 0.656. The van der Waals surface area contributed by atoms with Crippen molar-refractivity contribution in [3.8, 4) is 5.75 Å². The van der Waals surface area contributed by atoms with Gasteiger partial charge in [-0.15, -0.1) is 0 Å². The van der Waals surface area contributed by atoms with Crippen LogP contribution in [0.1, 0.15) is 32.6 Å². The number of aromatic carboxylic acids is 1. The SMILES string of the molecule is Cc1cc2c(cc1C)OC(C(=O)NCCc1cccc(C(=O)O)c1)C2. The summed E-state index contributed by atoms with van der Waals surface area (Å²) in [7, 11) is 0. The summed E-state index contributed by atoms with van der Waals surface area (Å²) >= 11 is 0. The third kappa shape index (κ3) is 3.82. The van der Waals surface area contributed by atoms with Crippen molar-refractivity contribution in [3.05, 3.63) is 64.2 Å². The van der Waals surface area contributed by atoms with Crippen molar-refractivity contribution in [1.29, 1.82) is 0 Å². The van der Waals surface area contributed by atoms with E-state index in [1.54, 1.807) is 18.2 Å². The van der Waals surface area contributed by atoms with Gasteiger partial charge in [-0.3, -0.25) is 4.79 Å². The monoisotopic (exact) mass is 339 g/mol. The van der Waals surface area contributed by atoms with Crippen molar-refractivity contribution in [2.24, 2.45) is 0 Å². The van der Waals surface area contributed by atoms with Crippen LogP contribution >= 0.6 is 0 Å². The fourth-order valence-electron chi connectivity index (χ4n) is 2.96. The molecule has 130 valence electrons. The maximum atomic E-state index is 12.3. The molecule has 1 amide bonds. The summed E-state index contributed by atoms with van der Waals surface area (Å²) in [5.74, 6) is -0.299. The van der Waals surface area contributed by atoms with Crippen LogP contribution in [0.25, 0.3) is 0 Å². The van der Waals surface area contributed by atoms with Crippen molar-refractivity contribution >= 4 is 11.9 Å². The van der Waals surface area contributed by atoms with E-state index in [0.29, 0.717) is 19.4 Å². The van der Waals surface area contributed by atoms with Crippen LogP contribution in [-0.2, 0) is 17.6 Å². The van der Waals surface area contributed by atoms with E-state index in [-0.39, 0.29) is 11.5 Å². The molecule has 1 unspecified atom stereocenters. The molecule has 1 aliphatic heterocycles. The topological polar surface area (TPSA) is 75.6 Å². The summed E-state index contributed by atoms with van der Waals surface area (Å²) in [4.78, 5) is 23.3. The molecular weight excluding hydrogens is 318 g/mol. The number of aryl methyl sites for hydroxylation is 2. The smallest absolute Gasteiger partial charge is 0.335 e. The molecular formula is C20H21NO4. The van der Waals surface area contributed by atoms with Crippen LogP contribution in [0.5, 0.6) is 5.75 Å². The highest BCUT2D eigenvalue weighted by molar-refractivity contribution is 5.87. The Bertz CT molecular complexity index is 797. The third-order valence-corrected chi connectivity index (χ3v) is 4.53. The summed E-state index contributed by atoms with van der Waals surface area (Å²) in [6, 6.07) is 10.8. The molecule has 0 aliphatic carbocycles. The van der Waals surface area contributed by atoms with Gasteiger partial charge in [0, 0.05) is 13.0 Å². The Hall–Kier alpha value is -2.82. The van der Waals surface area contributed by atoms with Crippen LogP contribution < -0.4 is 10.1 Å². The lowest BCUT2D eigenvalue weighted by Gasteiger charge is -2.11. The number of ether oxygens (including phenoxy) is 1. The summed E-state index contributed by atoms with van der Waals surface area (Å²) in [5.41, 5.74) is 4.54. The first-order chi connectivity index (χ1) is 11.9. The quantitative estimate of drug-likeness (QED) is 0.878. The second-order valence-electron chi connectivity index (χ2n) is 6.40. The Labute approximate surface area is 146 Å². The first-order valence-electron chi connectivity index (χ1n) is 8.31. The molecule has 0 spiro atoms. The van der Waals surface area contributed by atoms with Gasteiger partial charge in [0.25, 0.3) is 5.91 Å². The Morgan fingerprint density at radius 1 is 1.20 bits per heavy atom. The van der Waals surface area contributed by atoms with Gasteiger partial charge < -0.3 is 15.2 Å². The molecule has 5 heteroatoms. The zero-order valence-corrected chi connectivity index (χ0v) is 14.3. The van der Waals surface area contributed by atoms with Gasteiger partial charge in [0.15, 0.2) is 6.10 Å². The van der Waals surface area contributed by atoms with Gasteiger partial charge in [0.05, 0.1) is 5.56 Å².